The molecule has 0 atom stereocenters. The molecule has 2 aromatic heterocycles. The molecule has 0 aliphatic heterocycles. The largest absolute Gasteiger partial charge is 0.310 e. The van der Waals surface area contributed by atoms with E-state index in [1.165, 1.54) is 73.4 Å². The van der Waals surface area contributed by atoms with Crippen LogP contribution in [0.1, 0.15) is 0 Å². The Morgan fingerprint density at radius 1 is 0.306 bits per heavy atom. The van der Waals surface area contributed by atoms with Crippen LogP contribution in [0, 0.1) is 0 Å². The Morgan fingerprint density at radius 2 is 0.816 bits per heavy atom. The highest BCUT2D eigenvalue weighted by molar-refractivity contribution is 7.26. The van der Waals surface area contributed by atoms with Gasteiger partial charge in [0.25, 0.3) is 0 Å². The number of thiophene rings is 2. The third-order valence-electron chi connectivity index (χ3n) is 9.67. The van der Waals surface area contributed by atoms with E-state index < -0.39 is 0 Å². The lowest BCUT2D eigenvalue weighted by Crippen LogP contribution is -2.09. The zero-order chi connectivity index (χ0) is 32.3. The van der Waals surface area contributed by atoms with Crippen molar-refractivity contribution in [3.63, 3.8) is 0 Å². The third-order valence-corrected chi connectivity index (χ3v) is 12.0. The highest BCUT2D eigenvalue weighted by Crippen LogP contribution is 2.44. The molecule has 0 aliphatic carbocycles. The minimum Gasteiger partial charge on any atom is -0.310 e. The van der Waals surface area contributed by atoms with E-state index >= 15 is 0 Å². The van der Waals surface area contributed by atoms with Gasteiger partial charge in [-0.2, -0.15) is 0 Å². The van der Waals surface area contributed by atoms with Crippen LogP contribution in [-0.2, 0) is 0 Å². The standard InChI is InChI=1S/C46H29NS2/c1-2-10-30(11-3-1)31-18-22-33(23-19-31)47(35-26-27-39-37-13-6-8-16-43(37)48-45(39)28-35)34-24-20-32(21-25-34)41-29-42-38-14-7-9-17-44(38)49-46(42)40-15-5-4-12-36(40)41/h1-29H. The molecular weight excluding hydrogens is 631 g/mol. The lowest BCUT2D eigenvalue weighted by molar-refractivity contribution is 1.29. The topological polar surface area (TPSA) is 3.24 Å². The van der Waals surface area contributed by atoms with Crippen molar-refractivity contribution in [1.82, 2.24) is 0 Å². The Hall–Kier alpha value is -5.74. The number of benzene rings is 8. The average Bonchev–Trinajstić information content (AvgIpc) is 3.74. The van der Waals surface area contributed by atoms with E-state index in [1.54, 1.807) is 0 Å². The van der Waals surface area contributed by atoms with Crippen LogP contribution in [0.3, 0.4) is 0 Å². The summed E-state index contributed by atoms with van der Waals surface area (Å²) in [6.07, 6.45) is 0. The molecule has 10 aromatic rings. The highest BCUT2D eigenvalue weighted by atomic mass is 32.1. The number of fused-ring (bicyclic) bond motifs is 8. The van der Waals surface area contributed by atoms with Gasteiger partial charge < -0.3 is 4.90 Å². The van der Waals surface area contributed by atoms with Crippen molar-refractivity contribution in [2.45, 2.75) is 0 Å². The van der Waals surface area contributed by atoms with E-state index in [0.717, 1.165) is 17.1 Å². The van der Waals surface area contributed by atoms with Crippen molar-refractivity contribution < 1.29 is 0 Å². The summed E-state index contributed by atoms with van der Waals surface area (Å²) in [6, 6.07) is 64.3. The van der Waals surface area contributed by atoms with Crippen LogP contribution >= 0.6 is 22.7 Å². The lowest BCUT2D eigenvalue weighted by Gasteiger charge is -2.26. The average molecular weight is 660 g/mol. The molecule has 0 amide bonds. The third kappa shape index (κ3) is 4.74. The molecular formula is C46H29NS2. The number of hydrogen-bond acceptors (Lipinski definition) is 3. The first-order valence-corrected chi connectivity index (χ1v) is 18.2. The molecule has 10 rings (SSSR count). The Bertz CT molecular complexity index is 2810. The molecule has 1 nitrogen and oxygen atoms in total. The monoisotopic (exact) mass is 659 g/mol. The summed E-state index contributed by atoms with van der Waals surface area (Å²) < 4.78 is 5.31. The van der Waals surface area contributed by atoms with Gasteiger partial charge in [-0.05, 0) is 82.2 Å². The van der Waals surface area contributed by atoms with Crippen LogP contribution in [0.15, 0.2) is 176 Å². The Morgan fingerprint density at radius 3 is 1.53 bits per heavy atom. The number of nitrogens with zero attached hydrogens (tertiary/aromatic N) is 1. The molecule has 0 radical (unpaired) electrons. The summed E-state index contributed by atoms with van der Waals surface area (Å²) in [6.45, 7) is 0. The second-order valence-electron chi connectivity index (χ2n) is 12.5. The second kappa shape index (κ2) is 11.5. The lowest BCUT2D eigenvalue weighted by atomic mass is 9.95. The quantitative estimate of drug-likeness (QED) is 0.178. The summed E-state index contributed by atoms with van der Waals surface area (Å²) >= 11 is 3.75. The van der Waals surface area contributed by atoms with Crippen LogP contribution in [0.25, 0.3) is 73.4 Å². The van der Waals surface area contributed by atoms with Gasteiger partial charge in [-0.3, -0.25) is 0 Å². The Kier molecular flexibility index (Phi) is 6.61. The van der Waals surface area contributed by atoms with Crippen LogP contribution in [0.5, 0.6) is 0 Å². The minimum atomic E-state index is 1.13. The van der Waals surface area contributed by atoms with Gasteiger partial charge in [0.1, 0.15) is 0 Å². The summed E-state index contributed by atoms with van der Waals surface area (Å²) in [5.74, 6) is 0. The van der Waals surface area contributed by atoms with E-state index in [-0.39, 0.29) is 0 Å². The smallest absolute Gasteiger partial charge is 0.0476 e. The van der Waals surface area contributed by atoms with Crippen molar-refractivity contribution in [3.05, 3.63) is 176 Å². The van der Waals surface area contributed by atoms with Gasteiger partial charge in [0.15, 0.2) is 0 Å². The van der Waals surface area contributed by atoms with Gasteiger partial charge in [0, 0.05) is 62.8 Å². The predicted octanol–water partition coefficient (Wildman–Crippen LogP) is 14.4. The molecule has 0 saturated heterocycles. The Labute approximate surface area is 292 Å². The van der Waals surface area contributed by atoms with Crippen LogP contribution in [0.2, 0.25) is 0 Å². The summed E-state index contributed by atoms with van der Waals surface area (Å²) in [7, 11) is 0. The second-order valence-corrected chi connectivity index (χ2v) is 14.7. The molecule has 230 valence electrons. The van der Waals surface area contributed by atoms with Crippen molar-refractivity contribution in [1.29, 1.82) is 0 Å². The SMILES string of the molecule is c1ccc(-c2ccc(N(c3ccc(-c4cc5c6ccccc6sc5c5ccccc45)cc3)c3ccc4c(c3)sc3ccccc34)cc2)cc1. The van der Waals surface area contributed by atoms with Gasteiger partial charge in [-0.25, -0.2) is 0 Å². The van der Waals surface area contributed by atoms with E-state index in [9.17, 15) is 0 Å². The fourth-order valence-electron chi connectivity index (χ4n) is 7.31. The number of hydrogen-bond donors (Lipinski definition) is 0. The van der Waals surface area contributed by atoms with Crippen molar-refractivity contribution >= 4 is 90.9 Å². The summed E-state index contributed by atoms with van der Waals surface area (Å²) in [5, 5.41) is 7.89. The van der Waals surface area contributed by atoms with Gasteiger partial charge in [-0.1, -0.05) is 121 Å². The fourth-order valence-corrected chi connectivity index (χ4v) is 9.67. The van der Waals surface area contributed by atoms with Crippen LogP contribution in [-0.4, -0.2) is 0 Å². The first kappa shape index (κ1) is 28.3. The Balaban J connectivity index is 1.12. The number of rotatable bonds is 5. The van der Waals surface area contributed by atoms with Crippen molar-refractivity contribution in [3.8, 4) is 22.3 Å². The molecule has 0 N–H and O–H groups in total. The molecule has 0 bridgehead atoms. The maximum absolute atomic E-state index is 2.40. The summed E-state index contributed by atoms with van der Waals surface area (Å²) in [4.78, 5) is 2.38. The predicted molar refractivity (Wildman–Crippen MR) is 215 cm³/mol. The molecule has 3 heteroatoms. The van der Waals surface area contributed by atoms with Crippen LogP contribution in [0.4, 0.5) is 17.1 Å². The maximum atomic E-state index is 2.40. The van der Waals surface area contributed by atoms with Crippen molar-refractivity contribution in [2.75, 3.05) is 4.90 Å². The fraction of sp³-hybridized carbons (Fsp3) is 0. The normalized spacial score (nSPS) is 11.7. The molecule has 0 saturated carbocycles. The maximum Gasteiger partial charge on any atom is 0.0476 e. The molecule has 49 heavy (non-hydrogen) atoms. The zero-order valence-electron chi connectivity index (χ0n) is 26.5. The van der Waals surface area contributed by atoms with Gasteiger partial charge >= 0.3 is 0 Å². The first-order chi connectivity index (χ1) is 24.3. The van der Waals surface area contributed by atoms with Crippen LogP contribution < -0.4 is 4.90 Å². The molecule has 0 unspecified atom stereocenters. The van der Waals surface area contributed by atoms with E-state index in [2.05, 4.69) is 181 Å². The van der Waals surface area contributed by atoms with Gasteiger partial charge in [0.2, 0.25) is 0 Å². The number of anilines is 3. The van der Waals surface area contributed by atoms with Crippen molar-refractivity contribution in [2.24, 2.45) is 0 Å². The zero-order valence-corrected chi connectivity index (χ0v) is 28.1. The van der Waals surface area contributed by atoms with E-state index in [1.807, 2.05) is 22.7 Å². The van der Waals surface area contributed by atoms with E-state index in [0.29, 0.717) is 0 Å². The molecule has 0 spiro atoms. The molecule has 2 heterocycles. The first-order valence-electron chi connectivity index (χ1n) is 16.6. The summed E-state index contributed by atoms with van der Waals surface area (Å²) in [5.41, 5.74) is 8.32. The van der Waals surface area contributed by atoms with E-state index in [4.69, 9.17) is 0 Å². The van der Waals surface area contributed by atoms with Gasteiger partial charge in [0.05, 0.1) is 0 Å². The minimum absolute atomic E-state index is 1.13. The molecule has 0 fully saturated rings. The molecule has 0 aliphatic rings. The molecule has 8 aromatic carbocycles. The van der Waals surface area contributed by atoms with Gasteiger partial charge in [-0.15, -0.1) is 22.7 Å². The highest BCUT2D eigenvalue weighted by Gasteiger charge is 2.17.